The maximum atomic E-state index is 5.99. The smallest absolute Gasteiger partial charge is 0.192 e. The molecule has 0 aliphatic rings. The fraction of sp³-hybridized carbons (Fsp3) is 0.318. The van der Waals surface area contributed by atoms with Crippen LogP contribution in [0.2, 0.25) is 0 Å². The third-order valence-electron chi connectivity index (χ3n) is 4.85. The average Bonchev–Trinajstić information content (AvgIpc) is 3.52. The maximum absolute atomic E-state index is 5.99. The fourth-order valence-electron chi connectivity index (χ4n) is 3.24. The van der Waals surface area contributed by atoms with Gasteiger partial charge in [0, 0.05) is 24.9 Å². The molecule has 0 aliphatic carbocycles. The Morgan fingerprint density at radius 1 is 1.23 bits per heavy atom. The van der Waals surface area contributed by atoms with Gasteiger partial charge in [0.25, 0.3) is 0 Å². The van der Waals surface area contributed by atoms with E-state index in [-0.39, 0.29) is 6.04 Å². The summed E-state index contributed by atoms with van der Waals surface area (Å²) in [5.74, 6) is 3.32. The molecule has 0 saturated carbocycles. The molecule has 0 saturated heterocycles. The number of aromatic nitrogens is 3. The summed E-state index contributed by atoms with van der Waals surface area (Å²) in [5, 5.41) is 16.0. The van der Waals surface area contributed by atoms with Crippen molar-refractivity contribution in [3.63, 3.8) is 0 Å². The van der Waals surface area contributed by atoms with E-state index in [4.69, 9.17) is 8.83 Å². The SMILES string of the molecule is CCc1nncn1CCNC(=NCc1ccco1)NC(C)c1cc2ccccc2o1. The van der Waals surface area contributed by atoms with Gasteiger partial charge < -0.3 is 24.0 Å². The molecule has 1 aromatic carbocycles. The summed E-state index contributed by atoms with van der Waals surface area (Å²) in [6, 6.07) is 13.8. The van der Waals surface area contributed by atoms with Crippen molar-refractivity contribution in [2.45, 2.75) is 39.4 Å². The van der Waals surface area contributed by atoms with Gasteiger partial charge in [0.05, 0.1) is 12.3 Å². The van der Waals surface area contributed by atoms with Crippen LogP contribution in [0.3, 0.4) is 0 Å². The first-order valence-electron chi connectivity index (χ1n) is 10.2. The Morgan fingerprint density at radius 3 is 2.93 bits per heavy atom. The number of aliphatic imine (C=N–C) groups is 1. The van der Waals surface area contributed by atoms with Crippen LogP contribution in [0.1, 0.15) is 37.2 Å². The van der Waals surface area contributed by atoms with E-state index in [1.54, 1.807) is 12.6 Å². The number of furan rings is 2. The predicted molar refractivity (Wildman–Crippen MR) is 115 cm³/mol. The van der Waals surface area contributed by atoms with Gasteiger partial charge in [-0.3, -0.25) is 0 Å². The number of aryl methyl sites for hydroxylation is 1. The van der Waals surface area contributed by atoms with Gasteiger partial charge in [-0.05, 0) is 31.2 Å². The molecule has 1 atom stereocenters. The zero-order chi connectivity index (χ0) is 20.8. The van der Waals surface area contributed by atoms with E-state index < -0.39 is 0 Å². The molecular weight excluding hydrogens is 380 g/mol. The van der Waals surface area contributed by atoms with Crippen LogP contribution in [0.4, 0.5) is 0 Å². The molecule has 0 radical (unpaired) electrons. The molecular formula is C22H26N6O2. The summed E-state index contributed by atoms with van der Waals surface area (Å²) in [5.41, 5.74) is 0.878. The number of nitrogens with zero attached hydrogens (tertiary/aromatic N) is 4. The van der Waals surface area contributed by atoms with Crippen LogP contribution in [0.5, 0.6) is 0 Å². The van der Waals surface area contributed by atoms with Crippen LogP contribution >= 0.6 is 0 Å². The van der Waals surface area contributed by atoms with Crippen LogP contribution < -0.4 is 10.6 Å². The molecule has 4 aromatic rings. The zero-order valence-electron chi connectivity index (χ0n) is 17.2. The largest absolute Gasteiger partial charge is 0.467 e. The van der Waals surface area contributed by atoms with Gasteiger partial charge in [-0.25, -0.2) is 4.99 Å². The summed E-state index contributed by atoms with van der Waals surface area (Å²) < 4.78 is 13.4. The van der Waals surface area contributed by atoms with Gasteiger partial charge >= 0.3 is 0 Å². The van der Waals surface area contributed by atoms with Crippen LogP contribution in [0.25, 0.3) is 11.0 Å². The Morgan fingerprint density at radius 2 is 2.13 bits per heavy atom. The van der Waals surface area contributed by atoms with Crippen LogP contribution in [0.15, 0.2) is 68.9 Å². The Bertz CT molecular complexity index is 1060. The van der Waals surface area contributed by atoms with Crippen molar-refractivity contribution in [1.82, 2.24) is 25.4 Å². The van der Waals surface area contributed by atoms with Crippen molar-refractivity contribution < 1.29 is 8.83 Å². The first kappa shape index (κ1) is 19.8. The average molecular weight is 406 g/mol. The van der Waals surface area contributed by atoms with Gasteiger partial charge in [-0.15, -0.1) is 10.2 Å². The quantitative estimate of drug-likeness (QED) is 0.342. The first-order chi connectivity index (χ1) is 14.7. The van der Waals surface area contributed by atoms with Crippen molar-refractivity contribution in [3.8, 4) is 0 Å². The third-order valence-corrected chi connectivity index (χ3v) is 4.85. The van der Waals surface area contributed by atoms with Crippen LogP contribution in [-0.4, -0.2) is 27.3 Å². The number of hydrogen-bond donors (Lipinski definition) is 2. The van der Waals surface area contributed by atoms with Crippen molar-refractivity contribution in [2.24, 2.45) is 4.99 Å². The lowest BCUT2D eigenvalue weighted by Crippen LogP contribution is -2.40. The lowest BCUT2D eigenvalue weighted by atomic mass is 10.2. The molecule has 0 aliphatic heterocycles. The normalized spacial score (nSPS) is 12.9. The number of benzene rings is 1. The molecule has 3 aromatic heterocycles. The van der Waals surface area contributed by atoms with E-state index in [9.17, 15) is 0 Å². The second-order valence-electron chi connectivity index (χ2n) is 7.02. The summed E-state index contributed by atoms with van der Waals surface area (Å²) in [7, 11) is 0. The maximum Gasteiger partial charge on any atom is 0.192 e. The Balaban J connectivity index is 1.44. The Hall–Kier alpha value is -3.55. The minimum atomic E-state index is -0.0543. The molecule has 0 bridgehead atoms. The molecule has 0 amide bonds. The molecule has 4 rings (SSSR count). The van der Waals surface area contributed by atoms with E-state index in [1.807, 2.05) is 41.0 Å². The van der Waals surface area contributed by atoms with Crippen molar-refractivity contribution >= 4 is 16.9 Å². The molecule has 1 unspecified atom stereocenters. The number of nitrogens with one attached hydrogen (secondary N) is 2. The van der Waals surface area contributed by atoms with E-state index >= 15 is 0 Å². The molecule has 0 fully saturated rings. The lowest BCUT2D eigenvalue weighted by Gasteiger charge is -2.17. The molecule has 30 heavy (non-hydrogen) atoms. The minimum Gasteiger partial charge on any atom is -0.467 e. The van der Waals surface area contributed by atoms with Crippen LogP contribution in [-0.2, 0) is 19.5 Å². The van der Waals surface area contributed by atoms with Gasteiger partial charge in [0.15, 0.2) is 5.96 Å². The summed E-state index contributed by atoms with van der Waals surface area (Å²) in [6.45, 7) is 6.00. The molecule has 3 heterocycles. The summed E-state index contributed by atoms with van der Waals surface area (Å²) in [6.07, 6.45) is 4.26. The van der Waals surface area contributed by atoms with E-state index in [0.29, 0.717) is 19.0 Å². The van der Waals surface area contributed by atoms with Crippen molar-refractivity contribution in [1.29, 1.82) is 0 Å². The second kappa shape index (κ2) is 9.30. The topological polar surface area (TPSA) is 93.4 Å². The number of para-hydroxylation sites is 1. The Labute approximate surface area is 175 Å². The highest BCUT2D eigenvalue weighted by molar-refractivity contribution is 5.81. The number of hydrogen-bond acceptors (Lipinski definition) is 5. The van der Waals surface area contributed by atoms with Gasteiger partial charge in [-0.1, -0.05) is 25.1 Å². The molecule has 0 spiro atoms. The highest BCUT2D eigenvalue weighted by Crippen LogP contribution is 2.23. The van der Waals surface area contributed by atoms with Crippen molar-refractivity contribution in [3.05, 3.63) is 72.4 Å². The highest BCUT2D eigenvalue weighted by Gasteiger charge is 2.13. The molecule has 8 nitrogen and oxygen atoms in total. The van der Waals surface area contributed by atoms with Gasteiger partial charge in [0.1, 0.15) is 35.8 Å². The Kier molecular flexibility index (Phi) is 6.12. The van der Waals surface area contributed by atoms with E-state index in [1.165, 1.54) is 0 Å². The minimum absolute atomic E-state index is 0.0543. The molecule has 2 N–H and O–H groups in total. The lowest BCUT2D eigenvalue weighted by molar-refractivity contribution is 0.485. The van der Waals surface area contributed by atoms with E-state index in [0.717, 1.165) is 41.3 Å². The van der Waals surface area contributed by atoms with Gasteiger partial charge in [0.2, 0.25) is 0 Å². The number of guanidine groups is 1. The summed E-state index contributed by atoms with van der Waals surface area (Å²) in [4.78, 5) is 4.67. The van der Waals surface area contributed by atoms with Gasteiger partial charge in [-0.2, -0.15) is 0 Å². The molecule has 8 heteroatoms. The zero-order valence-corrected chi connectivity index (χ0v) is 17.2. The third kappa shape index (κ3) is 4.71. The second-order valence-corrected chi connectivity index (χ2v) is 7.02. The number of rotatable bonds is 8. The summed E-state index contributed by atoms with van der Waals surface area (Å²) >= 11 is 0. The standard InChI is InChI=1S/C22H26N6O2/c1-3-21-27-25-15-28(21)11-10-23-22(24-14-18-8-6-12-29-18)26-16(2)20-13-17-7-4-5-9-19(17)30-20/h4-9,12-13,15-16H,3,10-11,14H2,1-2H3,(H2,23,24,26). The first-order valence-corrected chi connectivity index (χ1v) is 10.2. The fourth-order valence-corrected chi connectivity index (χ4v) is 3.24. The predicted octanol–water partition coefficient (Wildman–Crippen LogP) is 3.68. The van der Waals surface area contributed by atoms with Crippen LogP contribution in [0, 0.1) is 0 Å². The number of fused-ring (bicyclic) bond motifs is 1. The van der Waals surface area contributed by atoms with Crippen molar-refractivity contribution in [2.75, 3.05) is 6.54 Å². The molecule has 156 valence electrons. The monoisotopic (exact) mass is 406 g/mol. The van der Waals surface area contributed by atoms with E-state index in [2.05, 4.69) is 45.7 Å². The highest BCUT2D eigenvalue weighted by atomic mass is 16.3.